The minimum absolute atomic E-state index is 0.254. The van der Waals surface area contributed by atoms with Gasteiger partial charge in [0.25, 0.3) is 0 Å². The lowest BCUT2D eigenvalue weighted by molar-refractivity contribution is -0.120. The minimum atomic E-state index is -4.32. The van der Waals surface area contributed by atoms with E-state index in [1.807, 2.05) is 0 Å². The lowest BCUT2D eigenvalue weighted by atomic mass is 10.0. The van der Waals surface area contributed by atoms with Crippen molar-refractivity contribution in [2.75, 3.05) is 11.4 Å². The molecule has 0 saturated carbocycles. The fraction of sp³-hybridized carbons (Fsp3) is 0.571. The number of nitrogens with zero attached hydrogens (tertiary/aromatic N) is 1. The molecular formula is C14H20F4N2. The molecular weight excluding hydrogens is 272 g/mol. The highest BCUT2D eigenvalue weighted by Gasteiger charge is 2.32. The number of hydrogen-bond acceptors (Lipinski definition) is 2. The average Bonchev–Trinajstić information content (AvgIpc) is 2.24. The smallest absolute Gasteiger partial charge is 0.360 e. The van der Waals surface area contributed by atoms with Crippen LogP contribution in [-0.4, -0.2) is 24.8 Å². The quantitative estimate of drug-likeness (QED) is 0.842. The Morgan fingerprint density at radius 3 is 2.25 bits per heavy atom. The molecule has 0 bridgehead atoms. The summed E-state index contributed by atoms with van der Waals surface area (Å²) in [4.78, 5) is 1.22. The minimum Gasteiger partial charge on any atom is -0.360 e. The molecule has 1 atom stereocenters. The molecule has 1 aromatic rings. The Morgan fingerprint density at radius 1 is 1.20 bits per heavy atom. The first-order chi connectivity index (χ1) is 9.10. The largest absolute Gasteiger partial charge is 0.405 e. The van der Waals surface area contributed by atoms with Gasteiger partial charge in [-0.1, -0.05) is 0 Å². The van der Waals surface area contributed by atoms with Gasteiger partial charge in [-0.15, -0.1) is 0 Å². The Morgan fingerprint density at radius 2 is 1.80 bits per heavy atom. The number of alkyl halides is 3. The highest BCUT2D eigenvalue weighted by atomic mass is 19.4. The molecule has 1 aromatic carbocycles. The topological polar surface area (TPSA) is 29.3 Å². The van der Waals surface area contributed by atoms with E-state index in [0.717, 1.165) is 0 Å². The van der Waals surface area contributed by atoms with Gasteiger partial charge in [0.05, 0.1) is 0 Å². The second-order valence-electron chi connectivity index (χ2n) is 5.29. The maximum Gasteiger partial charge on any atom is 0.405 e. The summed E-state index contributed by atoms with van der Waals surface area (Å²) in [6, 6.07) is 3.21. The summed E-state index contributed by atoms with van der Waals surface area (Å²) < 4.78 is 51.4. The molecule has 0 radical (unpaired) electrons. The van der Waals surface area contributed by atoms with Crippen molar-refractivity contribution in [2.24, 2.45) is 5.73 Å². The maximum absolute atomic E-state index is 13.3. The van der Waals surface area contributed by atoms with Gasteiger partial charge in [0, 0.05) is 17.8 Å². The van der Waals surface area contributed by atoms with E-state index in [2.05, 4.69) is 0 Å². The first-order valence-corrected chi connectivity index (χ1v) is 6.47. The molecule has 0 aliphatic heterocycles. The molecule has 20 heavy (non-hydrogen) atoms. The predicted molar refractivity (Wildman–Crippen MR) is 72.3 cm³/mol. The molecule has 0 saturated heterocycles. The Hall–Kier alpha value is -1.30. The Labute approximate surface area is 116 Å². The third kappa shape index (κ3) is 5.00. The molecule has 0 heterocycles. The van der Waals surface area contributed by atoms with Crippen LogP contribution in [0.1, 0.15) is 26.3 Å². The zero-order valence-electron chi connectivity index (χ0n) is 11.8. The van der Waals surface area contributed by atoms with Gasteiger partial charge >= 0.3 is 6.18 Å². The van der Waals surface area contributed by atoms with Gasteiger partial charge in [-0.2, -0.15) is 13.2 Å². The van der Waals surface area contributed by atoms with E-state index in [1.165, 1.54) is 23.1 Å². The van der Waals surface area contributed by atoms with E-state index in [0.29, 0.717) is 17.7 Å². The lowest BCUT2D eigenvalue weighted by Gasteiger charge is -2.32. The predicted octanol–water partition coefficient (Wildman–Crippen LogP) is 3.49. The van der Waals surface area contributed by atoms with E-state index in [-0.39, 0.29) is 12.1 Å². The second kappa shape index (κ2) is 6.43. The highest BCUT2D eigenvalue weighted by Crippen LogP contribution is 2.28. The zero-order valence-corrected chi connectivity index (χ0v) is 11.8. The van der Waals surface area contributed by atoms with Crippen LogP contribution >= 0.6 is 0 Å². The molecule has 0 aliphatic carbocycles. The van der Waals surface area contributed by atoms with Crippen molar-refractivity contribution in [1.29, 1.82) is 0 Å². The van der Waals surface area contributed by atoms with Crippen LogP contribution in [0.4, 0.5) is 23.2 Å². The molecule has 114 valence electrons. The van der Waals surface area contributed by atoms with Crippen molar-refractivity contribution < 1.29 is 17.6 Å². The molecule has 0 amide bonds. The first kappa shape index (κ1) is 16.8. The van der Waals surface area contributed by atoms with E-state index in [4.69, 9.17) is 5.73 Å². The van der Waals surface area contributed by atoms with E-state index >= 15 is 0 Å². The van der Waals surface area contributed by atoms with Crippen LogP contribution < -0.4 is 10.6 Å². The van der Waals surface area contributed by atoms with E-state index in [9.17, 15) is 17.6 Å². The third-order valence-corrected chi connectivity index (χ3v) is 2.87. The van der Waals surface area contributed by atoms with Gasteiger partial charge < -0.3 is 10.6 Å². The maximum atomic E-state index is 13.3. The summed E-state index contributed by atoms with van der Waals surface area (Å²) in [5, 5.41) is 0. The van der Waals surface area contributed by atoms with Gasteiger partial charge in [0.2, 0.25) is 0 Å². The molecule has 0 fully saturated rings. The molecule has 0 aromatic heterocycles. The summed E-state index contributed by atoms with van der Waals surface area (Å²) >= 11 is 0. The number of nitrogens with two attached hydrogens (primary N) is 1. The number of anilines is 1. The molecule has 1 unspecified atom stereocenters. The number of rotatable bonds is 5. The Bertz CT molecular complexity index is 441. The van der Waals surface area contributed by atoms with Crippen LogP contribution in [0, 0.1) is 5.82 Å². The third-order valence-electron chi connectivity index (χ3n) is 2.87. The molecule has 2 nitrogen and oxygen atoms in total. The summed E-state index contributed by atoms with van der Waals surface area (Å²) in [5.41, 5.74) is 6.57. The van der Waals surface area contributed by atoms with Crippen molar-refractivity contribution >= 4 is 5.69 Å². The van der Waals surface area contributed by atoms with Crippen molar-refractivity contribution in [2.45, 2.75) is 45.5 Å². The molecule has 0 aliphatic rings. The average molecular weight is 292 g/mol. The summed E-state index contributed by atoms with van der Waals surface area (Å²) in [6.45, 7) is 4.01. The normalized spacial score (nSPS) is 13.7. The fourth-order valence-electron chi connectivity index (χ4n) is 2.08. The number of halogens is 4. The van der Waals surface area contributed by atoms with Crippen LogP contribution in [0.15, 0.2) is 18.2 Å². The van der Waals surface area contributed by atoms with Gasteiger partial charge in [0.1, 0.15) is 12.4 Å². The van der Waals surface area contributed by atoms with Crippen LogP contribution in [-0.2, 0) is 6.42 Å². The summed E-state index contributed by atoms with van der Waals surface area (Å²) in [7, 11) is 0. The van der Waals surface area contributed by atoms with Crippen molar-refractivity contribution in [1.82, 2.24) is 0 Å². The lowest BCUT2D eigenvalue weighted by Crippen LogP contribution is -2.40. The first-order valence-electron chi connectivity index (χ1n) is 6.47. The highest BCUT2D eigenvalue weighted by molar-refractivity contribution is 5.55. The SMILES string of the molecule is CC(N)Cc1cc(F)ccc1N(CC(F)(F)F)C(C)C. The summed E-state index contributed by atoms with van der Waals surface area (Å²) in [6.07, 6.45) is -3.99. The second-order valence-corrected chi connectivity index (χ2v) is 5.29. The number of hydrogen-bond donors (Lipinski definition) is 1. The van der Waals surface area contributed by atoms with Gasteiger partial charge in [0.15, 0.2) is 0 Å². The van der Waals surface area contributed by atoms with Gasteiger partial charge in [-0.3, -0.25) is 0 Å². The molecule has 6 heteroatoms. The van der Waals surface area contributed by atoms with E-state index < -0.39 is 18.5 Å². The number of benzene rings is 1. The molecule has 2 N–H and O–H groups in total. The van der Waals surface area contributed by atoms with Crippen LogP contribution in [0.25, 0.3) is 0 Å². The van der Waals surface area contributed by atoms with Crippen LogP contribution in [0.2, 0.25) is 0 Å². The van der Waals surface area contributed by atoms with Crippen molar-refractivity contribution in [3.05, 3.63) is 29.6 Å². The van der Waals surface area contributed by atoms with E-state index in [1.54, 1.807) is 20.8 Å². The molecule has 0 spiro atoms. The summed E-state index contributed by atoms with van der Waals surface area (Å²) in [5.74, 6) is -0.472. The zero-order chi connectivity index (χ0) is 15.5. The van der Waals surface area contributed by atoms with Gasteiger partial charge in [-0.05, 0) is 51.0 Å². The standard InChI is InChI=1S/C14H20F4N2/c1-9(2)20(8-14(16,17)18)13-5-4-12(15)7-11(13)6-10(3)19/h4-5,7,9-10H,6,8,19H2,1-3H3. The van der Waals surface area contributed by atoms with Crippen molar-refractivity contribution in [3.63, 3.8) is 0 Å². The van der Waals surface area contributed by atoms with Crippen LogP contribution in [0.3, 0.4) is 0 Å². The fourth-order valence-corrected chi connectivity index (χ4v) is 2.08. The van der Waals surface area contributed by atoms with Crippen molar-refractivity contribution in [3.8, 4) is 0 Å². The van der Waals surface area contributed by atoms with Gasteiger partial charge in [-0.25, -0.2) is 4.39 Å². The molecule has 1 rings (SSSR count). The Balaban J connectivity index is 3.18. The monoisotopic (exact) mass is 292 g/mol. The van der Waals surface area contributed by atoms with Crippen LogP contribution in [0.5, 0.6) is 0 Å². The Kier molecular flexibility index (Phi) is 5.39.